The van der Waals surface area contributed by atoms with Crippen molar-refractivity contribution in [2.45, 2.75) is 19.9 Å². The van der Waals surface area contributed by atoms with E-state index in [1.54, 1.807) is 13.1 Å². The maximum Gasteiger partial charge on any atom is 0.359 e. The third-order valence-electron chi connectivity index (χ3n) is 4.47. The number of hydrogen-bond donors (Lipinski definition) is 0. The number of fused-ring (bicyclic) bond motifs is 1. The highest BCUT2D eigenvalue weighted by Gasteiger charge is 2.30. The molecular formula is C19H18BrN5O2. The molecule has 0 bridgehead atoms. The number of ether oxygens (including phenoxy) is 1. The Hall–Kier alpha value is -2.74. The Morgan fingerprint density at radius 1 is 1.33 bits per heavy atom. The number of carbonyl (C=O) groups excluding carboxylic acids is 1. The van der Waals surface area contributed by atoms with Gasteiger partial charge in [-0.1, -0.05) is 22.0 Å². The van der Waals surface area contributed by atoms with Gasteiger partial charge in [-0.3, -0.25) is 0 Å². The van der Waals surface area contributed by atoms with Crippen molar-refractivity contribution in [3.63, 3.8) is 0 Å². The molecule has 0 spiro atoms. The van der Waals surface area contributed by atoms with Gasteiger partial charge in [-0.2, -0.15) is 5.10 Å². The van der Waals surface area contributed by atoms with E-state index in [4.69, 9.17) is 4.74 Å². The predicted molar refractivity (Wildman–Crippen MR) is 104 cm³/mol. The van der Waals surface area contributed by atoms with Gasteiger partial charge in [0.2, 0.25) is 0 Å². The highest BCUT2D eigenvalue weighted by Crippen LogP contribution is 2.28. The van der Waals surface area contributed by atoms with Crippen molar-refractivity contribution < 1.29 is 9.53 Å². The van der Waals surface area contributed by atoms with E-state index in [0.717, 1.165) is 40.2 Å². The molecule has 2 aromatic heterocycles. The van der Waals surface area contributed by atoms with Crippen LogP contribution in [-0.2, 0) is 17.7 Å². The fourth-order valence-electron chi connectivity index (χ4n) is 3.27. The van der Waals surface area contributed by atoms with Crippen LogP contribution in [0.5, 0.6) is 0 Å². The first-order chi connectivity index (χ1) is 13.2. The standard InChI is InChI=1S/C19H18BrN5O2/c1-2-27-19(26)18-15-11-24(17-6-8-21-12-22-17)9-7-16(15)25(23-18)14-5-3-4-13(20)10-14/h3-6,8,10,12H,2,7,9,11H2,1H3. The van der Waals surface area contributed by atoms with Crippen LogP contribution in [0.3, 0.4) is 0 Å². The molecule has 0 amide bonds. The summed E-state index contributed by atoms with van der Waals surface area (Å²) >= 11 is 3.50. The minimum Gasteiger partial charge on any atom is -0.461 e. The van der Waals surface area contributed by atoms with Crippen LogP contribution in [-0.4, -0.2) is 38.9 Å². The van der Waals surface area contributed by atoms with Gasteiger partial charge in [-0.15, -0.1) is 0 Å². The molecule has 3 aromatic rings. The van der Waals surface area contributed by atoms with Crippen LogP contribution in [0.2, 0.25) is 0 Å². The Labute approximate surface area is 165 Å². The summed E-state index contributed by atoms with van der Waals surface area (Å²) in [6.45, 7) is 3.44. The average Bonchev–Trinajstić information content (AvgIpc) is 3.08. The van der Waals surface area contributed by atoms with Crippen molar-refractivity contribution in [1.82, 2.24) is 19.7 Å². The second kappa shape index (κ2) is 7.48. The summed E-state index contributed by atoms with van der Waals surface area (Å²) in [7, 11) is 0. The van der Waals surface area contributed by atoms with E-state index in [2.05, 4.69) is 35.9 Å². The number of halogens is 1. The first-order valence-corrected chi connectivity index (χ1v) is 9.51. The molecule has 3 heterocycles. The third kappa shape index (κ3) is 3.44. The van der Waals surface area contributed by atoms with Gasteiger partial charge in [0.15, 0.2) is 5.69 Å². The number of aromatic nitrogens is 4. The van der Waals surface area contributed by atoms with Crippen molar-refractivity contribution in [2.75, 3.05) is 18.1 Å². The van der Waals surface area contributed by atoms with Gasteiger partial charge in [-0.25, -0.2) is 19.4 Å². The lowest BCUT2D eigenvalue weighted by Gasteiger charge is -2.28. The Kier molecular flexibility index (Phi) is 4.89. The minimum atomic E-state index is -0.396. The smallest absolute Gasteiger partial charge is 0.359 e. The zero-order valence-electron chi connectivity index (χ0n) is 14.8. The van der Waals surface area contributed by atoms with Crippen LogP contribution in [0, 0.1) is 0 Å². The van der Waals surface area contributed by atoms with Gasteiger partial charge in [0.1, 0.15) is 12.1 Å². The lowest BCUT2D eigenvalue weighted by molar-refractivity contribution is 0.0517. The zero-order valence-corrected chi connectivity index (χ0v) is 16.4. The van der Waals surface area contributed by atoms with Crippen LogP contribution >= 0.6 is 15.9 Å². The molecule has 0 unspecified atom stereocenters. The lowest BCUT2D eigenvalue weighted by Crippen LogP contribution is -2.32. The van der Waals surface area contributed by atoms with Crippen molar-refractivity contribution >= 4 is 27.7 Å². The zero-order chi connectivity index (χ0) is 18.8. The van der Waals surface area contributed by atoms with E-state index in [0.29, 0.717) is 18.8 Å². The molecule has 138 valence electrons. The van der Waals surface area contributed by atoms with E-state index in [1.165, 1.54) is 6.33 Å². The topological polar surface area (TPSA) is 73.1 Å². The molecule has 0 radical (unpaired) electrons. The van der Waals surface area contributed by atoms with Gasteiger partial charge in [0.25, 0.3) is 0 Å². The van der Waals surface area contributed by atoms with Gasteiger partial charge in [0, 0.05) is 35.7 Å². The maximum absolute atomic E-state index is 12.5. The number of anilines is 1. The Morgan fingerprint density at radius 2 is 2.22 bits per heavy atom. The molecule has 7 nitrogen and oxygen atoms in total. The molecule has 4 rings (SSSR count). The van der Waals surface area contributed by atoms with Crippen LogP contribution in [0.4, 0.5) is 5.82 Å². The molecule has 27 heavy (non-hydrogen) atoms. The first kappa shape index (κ1) is 17.7. The molecule has 0 saturated heterocycles. The predicted octanol–water partition coefficient (Wildman–Crippen LogP) is 3.16. The van der Waals surface area contributed by atoms with Crippen LogP contribution < -0.4 is 4.90 Å². The average molecular weight is 428 g/mol. The van der Waals surface area contributed by atoms with Gasteiger partial charge in [-0.05, 0) is 31.2 Å². The molecular weight excluding hydrogens is 410 g/mol. The first-order valence-electron chi connectivity index (χ1n) is 8.72. The van der Waals surface area contributed by atoms with Crippen molar-refractivity contribution in [3.8, 4) is 5.69 Å². The molecule has 0 aliphatic carbocycles. The molecule has 0 saturated carbocycles. The Bertz CT molecular complexity index is 973. The van der Waals surface area contributed by atoms with E-state index in [-0.39, 0.29) is 0 Å². The number of rotatable bonds is 4. The van der Waals surface area contributed by atoms with Gasteiger partial charge < -0.3 is 9.64 Å². The maximum atomic E-state index is 12.5. The summed E-state index contributed by atoms with van der Waals surface area (Å²) in [6.07, 6.45) is 4.00. The largest absolute Gasteiger partial charge is 0.461 e. The Morgan fingerprint density at radius 3 is 2.96 bits per heavy atom. The van der Waals surface area contributed by atoms with Crippen LogP contribution in [0.15, 0.2) is 47.3 Å². The lowest BCUT2D eigenvalue weighted by atomic mass is 10.0. The van der Waals surface area contributed by atoms with Crippen molar-refractivity contribution in [2.24, 2.45) is 0 Å². The summed E-state index contributed by atoms with van der Waals surface area (Å²) in [4.78, 5) is 22.9. The second-order valence-corrected chi connectivity index (χ2v) is 7.04. The number of carbonyl (C=O) groups is 1. The van der Waals surface area contributed by atoms with Crippen molar-refractivity contribution in [1.29, 1.82) is 0 Å². The van der Waals surface area contributed by atoms with Crippen molar-refractivity contribution in [3.05, 3.63) is 64.3 Å². The highest BCUT2D eigenvalue weighted by molar-refractivity contribution is 9.10. The summed E-state index contributed by atoms with van der Waals surface area (Å²) < 4.78 is 8.05. The SMILES string of the molecule is CCOC(=O)c1nn(-c2cccc(Br)c2)c2c1CN(c1ccncn1)CC2. The van der Waals surface area contributed by atoms with Crippen LogP contribution in [0.1, 0.15) is 28.7 Å². The summed E-state index contributed by atoms with van der Waals surface area (Å²) in [5, 5.41) is 4.61. The minimum absolute atomic E-state index is 0.312. The third-order valence-corrected chi connectivity index (χ3v) is 4.96. The Balaban J connectivity index is 1.78. The molecule has 1 aliphatic rings. The van der Waals surface area contributed by atoms with Crippen LogP contribution in [0.25, 0.3) is 5.69 Å². The fourth-order valence-corrected chi connectivity index (χ4v) is 3.66. The molecule has 8 heteroatoms. The fraction of sp³-hybridized carbons (Fsp3) is 0.263. The molecule has 1 aliphatic heterocycles. The monoisotopic (exact) mass is 427 g/mol. The van der Waals surface area contributed by atoms with E-state index >= 15 is 0 Å². The van der Waals surface area contributed by atoms with Gasteiger partial charge in [0.05, 0.1) is 18.0 Å². The molecule has 1 aromatic carbocycles. The molecule has 0 N–H and O–H groups in total. The number of nitrogens with zero attached hydrogens (tertiary/aromatic N) is 5. The molecule has 0 atom stereocenters. The summed E-state index contributed by atoms with van der Waals surface area (Å²) in [5.74, 6) is 0.438. The summed E-state index contributed by atoms with van der Waals surface area (Å²) in [5.41, 5.74) is 3.19. The van der Waals surface area contributed by atoms with Gasteiger partial charge >= 0.3 is 5.97 Å². The normalized spacial score (nSPS) is 13.3. The molecule has 0 fully saturated rings. The highest BCUT2D eigenvalue weighted by atomic mass is 79.9. The quantitative estimate of drug-likeness (QED) is 0.595. The van der Waals surface area contributed by atoms with E-state index < -0.39 is 5.97 Å². The van der Waals surface area contributed by atoms with E-state index in [9.17, 15) is 4.79 Å². The second-order valence-electron chi connectivity index (χ2n) is 6.13. The van der Waals surface area contributed by atoms with E-state index in [1.807, 2.05) is 35.0 Å². The summed E-state index contributed by atoms with van der Waals surface area (Å²) in [6, 6.07) is 9.74. The number of benzene rings is 1. The number of esters is 1. The number of hydrogen-bond acceptors (Lipinski definition) is 6.